The van der Waals surface area contributed by atoms with E-state index in [1.165, 1.54) is 10.5 Å². The van der Waals surface area contributed by atoms with Gasteiger partial charge in [-0.25, -0.2) is 4.98 Å². The van der Waals surface area contributed by atoms with E-state index in [1.807, 2.05) is 77.9 Å². The van der Waals surface area contributed by atoms with Gasteiger partial charge < -0.3 is 14.5 Å². The smallest absolute Gasteiger partial charge is 0.251 e. The number of amides is 1. The summed E-state index contributed by atoms with van der Waals surface area (Å²) in [6.07, 6.45) is 4.88. The van der Waals surface area contributed by atoms with Gasteiger partial charge in [-0.05, 0) is 54.8 Å². The van der Waals surface area contributed by atoms with Crippen LogP contribution in [0.15, 0.2) is 78.0 Å². The van der Waals surface area contributed by atoms with E-state index in [0.717, 1.165) is 29.1 Å². The number of rotatable bonds is 5. The monoisotopic (exact) mass is 429 g/mol. The van der Waals surface area contributed by atoms with Crippen LogP contribution in [-0.4, -0.2) is 21.0 Å². The van der Waals surface area contributed by atoms with E-state index in [9.17, 15) is 4.79 Å². The van der Waals surface area contributed by atoms with Crippen LogP contribution in [0.25, 0.3) is 5.65 Å². The molecule has 2 aromatic heterocycles. The Bertz CT molecular complexity index is 1250. The molecule has 6 heteroatoms. The van der Waals surface area contributed by atoms with E-state index in [-0.39, 0.29) is 11.9 Å². The number of ether oxygens (including phenoxy) is 1. The summed E-state index contributed by atoms with van der Waals surface area (Å²) < 4.78 is 7.94. The zero-order valence-corrected chi connectivity index (χ0v) is 18.1. The van der Waals surface area contributed by atoms with Crippen LogP contribution in [0, 0.1) is 6.92 Å². The molecular weight excluding hydrogens is 406 g/mol. The molecule has 2 aromatic carbocycles. The summed E-state index contributed by atoms with van der Waals surface area (Å²) >= 11 is 1.85. The van der Waals surface area contributed by atoms with Crippen LogP contribution in [0.3, 0.4) is 0 Å². The van der Waals surface area contributed by atoms with E-state index >= 15 is 0 Å². The van der Waals surface area contributed by atoms with Gasteiger partial charge in [-0.3, -0.25) is 4.79 Å². The molecule has 5 nitrogen and oxygen atoms in total. The standard InChI is InChI=1S/C25H23N3O2S/c1-17-6-5-12-28-15-19(26-24(17)28)16-30-20-8-4-7-18(14-20)25(29)27-22-11-13-31-23-10-3-2-9-21(22)23/h2-10,12,14-15,22H,11,13,16H2,1H3,(H,27,29)/t22-/m0/s1. The summed E-state index contributed by atoms with van der Waals surface area (Å²) in [4.78, 5) is 18.8. The van der Waals surface area contributed by atoms with Gasteiger partial charge in [0.25, 0.3) is 5.91 Å². The number of hydrogen-bond donors (Lipinski definition) is 1. The summed E-state index contributed by atoms with van der Waals surface area (Å²) in [5, 5.41) is 3.19. The van der Waals surface area contributed by atoms with Crippen molar-refractivity contribution >= 4 is 23.3 Å². The summed E-state index contributed by atoms with van der Waals surface area (Å²) in [7, 11) is 0. The van der Waals surface area contributed by atoms with Gasteiger partial charge in [0.1, 0.15) is 18.0 Å². The van der Waals surface area contributed by atoms with Gasteiger partial charge in [0, 0.05) is 28.6 Å². The topological polar surface area (TPSA) is 55.6 Å². The predicted molar refractivity (Wildman–Crippen MR) is 123 cm³/mol. The first kappa shape index (κ1) is 19.7. The normalized spacial score (nSPS) is 15.5. The molecule has 3 heterocycles. The predicted octanol–water partition coefficient (Wildman–Crippen LogP) is 5.19. The number of hydrogen-bond acceptors (Lipinski definition) is 4. The van der Waals surface area contributed by atoms with Crippen molar-refractivity contribution in [1.82, 2.24) is 14.7 Å². The second kappa shape index (κ2) is 8.47. The van der Waals surface area contributed by atoms with E-state index < -0.39 is 0 Å². The zero-order chi connectivity index (χ0) is 21.2. The minimum atomic E-state index is -0.0829. The first-order chi connectivity index (χ1) is 15.2. The maximum absolute atomic E-state index is 12.9. The molecule has 0 bridgehead atoms. The van der Waals surface area contributed by atoms with Crippen LogP contribution >= 0.6 is 11.8 Å². The number of aromatic nitrogens is 2. The van der Waals surface area contributed by atoms with Crippen molar-refractivity contribution in [3.05, 3.63) is 95.4 Å². The largest absolute Gasteiger partial charge is 0.487 e. The fourth-order valence-electron chi connectivity index (χ4n) is 3.89. The van der Waals surface area contributed by atoms with E-state index in [1.54, 1.807) is 6.07 Å². The van der Waals surface area contributed by atoms with Crippen molar-refractivity contribution in [3.8, 4) is 5.75 Å². The molecule has 0 aliphatic carbocycles. The molecule has 0 fully saturated rings. The quantitative estimate of drug-likeness (QED) is 0.474. The van der Waals surface area contributed by atoms with Gasteiger partial charge >= 0.3 is 0 Å². The Balaban J connectivity index is 1.27. The minimum absolute atomic E-state index is 0.0377. The first-order valence-corrected chi connectivity index (χ1v) is 11.3. The lowest BCUT2D eigenvalue weighted by molar-refractivity contribution is 0.0934. The van der Waals surface area contributed by atoms with Gasteiger partial charge in [0.2, 0.25) is 0 Å². The summed E-state index contributed by atoms with van der Waals surface area (Å²) in [6, 6.07) is 19.7. The van der Waals surface area contributed by atoms with E-state index in [2.05, 4.69) is 22.4 Å². The molecule has 0 saturated carbocycles. The highest BCUT2D eigenvalue weighted by Crippen LogP contribution is 2.36. The lowest BCUT2D eigenvalue weighted by Crippen LogP contribution is -2.30. The highest BCUT2D eigenvalue weighted by molar-refractivity contribution is 7.99. The molecule has 1 aliphatic heterocycles. The molecule has 31 heavy (non-hydrogen) atoms. The Hall–Kier alpha value is -3.25. The zero-order valence-electron chi connectivity index (χ0n) is 17.2. The van der Waals surface area contributed by atoms with Crippen molar-refractivity contribution in [2.75, 3.05) is 5.75 Å². The Labute approximate surface area is 185 Å². The number of aryl methyl sites for hydroxylation is 1. The molecule has 1 atom stereocenters. The molecule has 5 rings (SSSR count). The van der Waals surface area contributed by atoms with E-state index in [0.29, 0.717) is 17.9 Å². The van der Waals surface area contributed by atoms with Gasteiger partial charge in [-0.15, -0.1) is 11.8 Å². The van der Waals surface area contributed by atoms with Gasteiger partial charge in [0.15, 0.2) is 0 Å². The maximum atomic E-state index is 12.9. The second-order valence-corrected chi connectivity index (χ2v) is 8.81. The van der Waals surface area contributed by atoms with E-state index in [4.69, 9.17) is 4.74 Å². The molecule has 0 saturated heterocycles. The summed E-state index contributed by atoms with van der Waals surface area (Å²) in [5.74, 6) is 1.57. The first-order valence-electron chi connectivity index (χ1n) is 10.4. The molecule has 0 unspecified atom stereocenters. The number of fused-ring (bicyclic) bond motifs is 2. The molecule has 4 aromatic rings. The average Bonchev–Trinajstić information content (AvgIpc) is 3.23. The number of pyridine rings is 1. The Kier molecular flexibility index (Phi) is 5.38. The van der Waals surface area contributed by atoms with Crippen LogP contribution in [0.4, 0.5) is 0 Å². The fourth-order valence-corrected chi connectivity index (χ4v) is 5.02. The number of carbonyl (C=O) groups excluding carboxylic acids is 1. The number of carbonyl (C=O) groups is 1. The Morgan fingerprint density at radius 2 is 2.10 bits per heavy atom. The van der Waals surface area contributed by atoms with Crippen molar-refractivity contribution in [1.29, 1.82) is 0 Å². The Morgan fingerprint density at radius 3 is 3.00 bits per heavy atom. The van der Waals surface area contributed by atoms with Crippen molar-refractivity contribution in [3.63, 3.8) is 0 Å². The fraction of sp³-hybridized carbons (Fsp3) is 0.200. The second-order valence-electron chi connectivity index (χ2n) is 7.67. The van der Waals surface area contributed by atoms with Gasteiger partial charge in [0.05, 0.1) is 11.7 Å². The molecule has 156 valence electrons. The van der Waals surface area contributed by atoms with Crippen molar-refractivity contribution < 1.29 is 9.53 Å². The molecule has 1 N–H and O–H groups in total. The van der Waals surface area contributed by atoms with Crippen molar-refractivity contribution in [2.45, 2.75) is 30.9 Å². The summed E-state index contributed by atoms with van der Waals surface area (Å²) in [5.41, 5.74) is 4.69. The maximum Gasteiger partial charge on any atom is 0.251 e. The molecule has 1 amide bonds. The highest BCUT2D eigenvalue weighted by Gasteiger charge is 2.22. The molecule has 1 aliphatic rings. The van der Waals surface area contributed by atoms with Crippen LogP contribution in [0.2, 0.25) is 0 Å². The SMILES string of the molecule is Cc1cccn2cc(COc3cccc(C(=O)N[C@H]4CCSc5ccccc54)c3)nc12. The molecule has 0 radical (unpaired) electrons. The van der Waals surface area contributed by atoms with Crippen LogP contribution in [-0.2, 0) is 6.61 Å². The van der Waals surface area contributed by atoms with Crippen LogP contribution in [0.5, 0.6) is 5.75 Å². The van der Waals surface area contributed by atoms with Crippen LogP contribution < -0.4 is 10.1 Å². The van der Waals surface area contributed by atoms with Crippen LogP contribution in [0.1, 0.15) is 39.6 Å². The average molecular weight is 430 g/mol. The number of thioether (sulfide) groups is 1. The molecule has 0 spiro atoms. The van der Waals surface area contributed by atoms with Gasteiger partial charge in [-0.1, -0.05) is 30.3 Å². The number of nitrogens with zero attached hydrogens (tertiary/aromatic N) is 2. The number of nitrogens with one attached hydrogen (secondary N) is 1. The highest BCUT2D eigenvalue weighted by atomic mass is 32.2. The molecular formula is C25H23N3O2S. The lowest BCUT2D eigenvalue weighted by Gasteiger charge is -2.26. The van der Waals surface area contributed by atoms with Gasteiger partial charge in [-0.2, -0.15) is 0 Å². The third-order valence-corrected chi connectivity index (χ3v) is 6.60. The minimum Gasteiger partial charge on any atom is -0.487 e. The third kappa shape index (κ3) is 4.16. The number of benzene rings is 2. The lowest BCUT2D eigenvalue weighted by atomic mass is 10.0. The van der Waals surface area contributed by atoms with Crippen molar-refractivity contribution in [2.24, 2.45) is 0 Å². The third-order valence-electron chi connectivity index (χ3n) is 5.47. The Morgan fingerprint density at radius 1 is 1.19 bits per heavy atom. The summed E-state index contributed by atoms with van der Waals surface area (Å²) in [6.45, 7) is 2.39. The number of imidazole rings is 1.